The van der Waals surface area contributed by atoms with Crippen LogP contribution < -0.4 is 9.62 Å². The van der Waals surface area contributed by atoms with Gasteiger partial charge in [0.1, 0.15) is 0 Å². The number of anilines is 2. The van der Waals surface area contributed by atoms with Gasteiger partial charge in [0.15, 0.2) is 0 Å². The highest BCUT2D eigenvalue weighted by Crippen LogP contribution is 2.32. The van der Waals surface area contributed by atoms with E-state index in [9.17, 15) is 4.79 Å². The molecule has 2 aromatic rings. The lowest BCUT2D eigenvalue weighted by Gasteiger charge is -2.28. The van der Waals surface area contributed by atoms with Crippen LogP contribution in [0, 0.1) is 0 Å². The molecule has 1 aliphatic heterocycles. The molecule has 1 heterocycles. The second kappa shape index (κ2) is 8.15. The van der Waals surface area contributed by atoms with Gasteiger partial charge in [0.2, 0.25) is 5.12 Å². The highest BCUT2D eigenvalue weighted by atomic mass is 32.2. The maximum Gasteiger partial charge on any atom is 0.223 e. The first kappa shape index (κ1) is 16.1. The first-order chi connectivity index (χ1) is 11.3. The van der Waals surface area contributed by atoms with Gasteiger partial charge in [-0.15, -0.1) is 0 Å². The maximum absolute atomic E-state index is 12.5. The summed E-state index contributed by atoms with van der Waals surface area (Å²) >= 11 is 1.28. The van der Waals surface area contributed by atoms with Crippen molar-refractivity contribution >= 4 is 28.4 Å². The van der Waals surface area contributed by atoms with Gasteiger partial charge in [-0.1, -0.05) is 36.4 Å². The van der Waals surface area contributed by atoms with E-state index in [0.717, 1.165) is 37.6 Å². The molecular weight excluding hydrogens is 306 g/mol. The molecule has 0 saturated carbocycles. The number of para-hydroxylation sites is 2. The summed E-state index contributed by atoms with van der Waals surface area (Å²) in [5.41, 5.74) is 2.02. The molecule has 4 nitrogen and oxygen atoms in total. The average Bonchev–Trinajstić information content (AvgIpc) is 2.62. The van der Waals surface area contributed by atoms with E-state index in [1.54, 1.807) is 0 Å². The van der Waals surface area contributed by atoms with E-state index in [1.165, 1.54) is 11.9 Å². The predicted octanol–water partition coefficient (Wildman–Crippen LogP) is 2.90. The van der Waals surface area contributed by atoms with Gasteiger partial charge in [0, 0.05) is 38.1 Å². The summed E-state index contributed by atoms with van der Waals surface area (Å²) in [5, 5.41) is 3.48. The van der Waals surface area contributed by atoms with Crippen molar-refractivity contribution in [2.24, 2.45) is 0 Å². The van der Waals surface area contributed by atoms with Crippen LogP contribution in [0.15, 0.2) is 60.7 Å². The van der Waals surface area contributed by atoms with Gasteiger partial charge < -0.3 is 5.32 Å². The molecule has 0 amide bonds. The highest BCUT2D eigenvalue weighted by Gasteiger charge is 2.18. The molecule has 1 fully saturated rings. The lowest BCUT2D eigenvalue weighted by atomic mass is 10.3. The second-order valence-electron chi connectivity index (χ2n) is 5.45. The third-order valence-electron chi connectivity index (χ3n) is 3.74. The minimum absolute atomic E-state index is 0.166. The standard InChI is InChI=1S/C18H21N3OS/c22-18(15-20-13-11-19-12-14-20)23-21(16-7-3-1-4-8-16)17-9-5-2-6-10-17/h1-10,19H,11-15H2. The van der Waals surface area contributed by atoms with Crippen LogP contribution in [0.3, 0.4) is 0 Å². The molecular formula is C18H21N3OS. The van der Waals surface area contributed by atoms with Crippen molar-refractivity contribution in [2.75, 3.05) is 37.0 Å². The quantitative estimate of drug-likeness (QED) is 0.855. The molecule has 1 N–H and O–H groups in total. The Balaban J connectivity index is 1.72. The zero-order valence-electron chi connectivity index (χ0n) is 13.0. The molecule has 0 atom stereocenters. The topological polar surface area (TPSA) is 35.6 Å². The summed E-state index contributed by atoms with van der Waals surface area (Å²) < 4.78 is 2.00. The van der Waals surface area contributed by atoms with E-state index < -0.39 is 0 Å². The minimum atomic E-state index is 0.166. The summed E-state index contributed by atoms with van der Waals surface area (Å²) in [7, 11) is 0. The van der Waals surface area contributed by atoms with Crippen molar-refractivity contribution in [3.63, 3.8) is 0 Å². The SMILES string of the molecule is O=C(CN1CCNCC1)SN(c1ccccc1)c1ccccc1. The zero-order valence-corrected chi connectivity index (χ0v) is 13.8. The van der Waals surface area contributed by atoms with Gasteiger partial charge in [0.25, 0.3) is 0 Å². The van der Waals surface area contributed by atoms with Crippen LogP contribution in [-0.2, 0) is 4.79 Å². The number of carbonyl (C=O) groups excluding carboxylic acids is 1. The third-order valence-corrected chi connectivity index (χ3v) is 4.67. The molecule has 3 rings (SSSR count). The van der Waals surface area contributed by atoms with Crippen LogP contribution in [0.1, 0.15) is 0 Å². The largest absolute Gasteiger partial charge is 0.314 e. The van der Waals surface area contributed by atoms with Crippen molar-refractivity contribution in [2.45, 2.75) is 0 Å². The van der Waals surface area contributed by atoms with Crippen LogP contribution in [0.5, 0.6) is 0 Å². The Morgan fingerprint density at radius 3 is 2.00 bits per heavy atom. The van der Waals surface area contributed by atoms with Crippen molar-refractivity contribution in [1.82, 2.24) is 10.2 Å². The van der Waals surface area contributed by atoms with Gasteiger partial charge in [0.05, 0.1) is 17.9 Å². The smallest absolute Gasteiger partial charge is 0.223 e. The molecule has 0 radical (unpaired) electrons. The summed E-state index contributed by atoms with van der Waals surface area (Å²) in [6.07, 6.45) is 0. The monoisotopic (exact) mass is 327 g/mol. The summed E-state index contributed by atoms with van der Waals surface area (Å²) in [6.45, 7) is 4.27. The number of carbonyl (C=O) groups is 1. The minimum Gasteiger partial charge on any atom is -0.314 e. The van der Waals surface area contributed by atoms with Gasteiger partial charge in [-0.2, -0.15) is 0 Å². The fraction of sp³-hybridized carbons (Fsp3) is 0.278. The molecule has 0 aromatic heterocycles. The molecule has 120 valence electrons. The van der Waals surface area contributed by atoms with E-state index in [0.29, 0.717) is 6.54 Å². The van der Waals surface area contributed by atoms with Crippen LogP contribution in [-0.4, -0.2) is 42.7 Å². The van der Waals surface area contributed by atoms with Crippen molar-refractivity contribution in [3.05, 3.63) is 60.7 Å². The van der Waals surface area contributed by atoms with E-state index >= 15 is 0 Å². The number of piperazine rings is 1. The number of rotatable bonds is 5. The van der Waals surface area contributed by atoms with Gasteiger partial charge in [-0.25, -0.2) is 0 Å². The summed E-state index contributed by atoms with van der Waals surface area (Å²) in [4.78, 5) is 14.7. The Morgan fingerprint density at radius 1 is 0.957 bits per heavy atom. The molecule has 1 saturated heterocycles. The molecule has 1 aliphatic rings. The van der Waals surface area contributed by atoms with Gasteiger partial charge in [-0.05, 0) is 24.3 Å². The van der Waals surface area contributed by atoms with Crippen molar-refractivity contribution in [1.29, 1.82) is 0 Å². The Hall–Kier alpha value is -1.82. The average molecular weight is 327 g/mol. The van der Waals surface area contributed by atoms with E-state index in [-0.39, 0.29) is 5.12 Å². The van der Waals surface area contributed by atoms with E-state index in [2.05, 4.69) is 10.2 Å². The molecule has 0 spiro atoms. The second-order valence-corrected chi connectivity index (χ2v) is 6.46. The number of hydrogen-bond donors (Lipinski definition) is 1. The summed E-state index contributed by atoms with van der Waals surface area (Å²) in [5.74, 6) is 0. The fourth-order valence-corrected chi connectivity index (χ4v) is 3.46. The Morgan fingerprint density at radius 2 is 1.48 bits per heavy atom. The van der Waals surface area contributed by atoms with Gasteiger partial charge in [-0.3, -0.25) is 14.0 Å². The van der Waals surface area contributed by atoms with Crippen LogP contribution in [0.2, 0.25) is 0 Å². The molecule has 0 aliphatic carbocycles. The third kappa shape index (κ3) is 4.58. The number of benzene rings is 2. The fourth-order valence-electron chi connectivity index (χ4n) is 2.56. The van der Waals surface area contributed by atoms with Crippen LogP contribution >= 0.6 is 11.9 Å². The zero-order chi connectivity index (χ0) is 15.9. The Kier molecular flexibility index (Phi) is 5.69. The first-order valence-corrected chi connectivity index (χ1v) is 8.64. The lowest BCUT2D eigenvalue weighted by Crippen LogP contribution is -2.45. The summed E-state index contributed by atoms with van der Waals surface area (Å²) in [6, 6.07) is 20.0. The van der Waals surface area contributed by atoms with Gasteiger partial charge >= 0.3 is 0 Å². The van der Waals surface area contributed by atoms with Crippen molar-refractivity contribution in [3.8, 4) is 0 Å². The molecule has 2 aromatic carbocycles. The Bertz CT molecular complexity index is 575. The van der Waals surface area contributed by atoms with Crippen molar-refractivity contribution < 1.29 is 4.79 Å². The van der Waals surface area contributed by atoms with Crippen LogP contribution in [0.25, 0.3) is 0 Å². The molecule has 0 bridgehead atoms. The molecule has 23 heavy (non-hydrogen) atoms. The first-order valence-electron chi connectivity index (χ1n) is 7.87. The van der Waals surface area contributed by atoms with E-state index in [1.807, 2.05) is 65.0 Å². The highest BCUT2D eigenvalue weighted by molar-refractivity contribution is 8.15. The van der Waals surface area contributed by atoms with Crippen LogP contribution in [0.4, 0.5) is 11.4 Å². The normalized spacial score (nSPS) is 15.3. The van der Waals surface area contributed by atoms with E-state index in [4.69, 9.17) is 0 Å². The molecule has 0 unspecified atom stereocenters. The molecule has 5 heteroatoms. The number of hydrogen-bond acceptors (Lipinski definition) is 5. The predicted molar refractivity (Wildman–Crippen MR) is 96.9 cm³/mol. The Labute approximate surface area is 141 Å². The lowest BCUT2D eigenvalue weighted by molar-refractivity contribution is -0.112. The number of nitrogens with one attached hydrogen (secondary N) is 1. The maximum atomic E-state index is 12.5. The number of nitrogens with zero attached hydrogens (tertiary/aromatic N) is 2.